The van der Waals surface area contributed by atoms with E-state index in [-0.39, 0.29) is 18.1 Å². The molecule has 0 spiro atoms. The van der Waals surface area contributed by atoms with Gasteiger partial charge < -0.3 is 20.7 Å². The first-order valence-corrected chi connectivity index (χ1v) is 7.27. The zero-order valence-corrected chi connectivity index (χ0v) is 11.7. The van der Waals surface area contributed by atoms with Crippen LogP contribution in [0.1, 0.15) is 18.9 Å². The molecule has 3 rings (SSSR count). The number of benzene rings is 1. The lowest BCUT2D eigenvalue weighted by molar-refractivity contribution is -0.123. The van der Waals surface area contributed by atoms with Crippen molar-refractivity contribution in [2.45, 2.75) is 31.9 Å². The average Bonchev–Trinajstić information content (AvgIpc) is 2.47. The van der Waals surface area contributed by atoms with Crippen molar-refractivity contribution in [2.24, 2.45) is 0 Å². The maximum absolute atomic E-state index is 12.3. The SMILES string of the molecule is C[C@H]1OCCN[C@@H]1C(=O)Nc1ccc2c(c1)CCCN2. The molecule has 2 heterocycles. The van der Waals surface area contributed by atoms with E-state index in [4.69, 9.17) is 4.74 Å². The third-order valence-electron chi connectivity index (χ3n) is 3.91. The van der Waals surface area contributed by atoms with Crippen LogP contribution in [0.25, 0.3) is 0 Å². The van der Waals surface area contributed by atoms with Gasteiger partial charge in [-0.15, -0.1) is 0 Å². The van der Waals surface area contributed by atoms with Crippen LogP contribution in [0.4, 0.5) is 11.4 Å². The van der Waals surface area contributed by atoms with E-state index >= 15 is 0 Å². The van der Waals surface area contributed by atoms with Crippen molar-refractivity contribution in [3.05, 3.63) is 23.8 Å². The van der Waals surface area contributed by atoms with Crippen LogP contribution in [0.5, 0.6) is 0 Å². The molecule has 5 heteroatoms. The van der Waals surface area contributed by atoms with Gasteiger partial charge in [-0.05, 0) is 43.5 Å². The van der Waals surface area contributed by atoms with Gasteiger partial charge in [-0.3, -0.25) is 4.79 Å². The number of anilines is 2. The summed E-state index contributed by atoms with van der Waals surface area (Å²) >= 11 is 0. The van der Waals surface area contributed by atoms with Gasteiger partial charge in [0.1, 0.15) is 6.04 Å². The maximum atomic E-state index is 12.3. The Balaban J connectivity index is 1.69. The number of rotatable bonds is 2. The molecule has 1 aromatic rings. The summed E-state index contributed by atoms with van der Waals surface area (Å²) in [5.74, 6) is -0.0269. The van der Waals surface area contributed by atoms with Crippen molar-refractivity contribution in [3.8, 4) is 0 Å². The van der Waals surface area contributed by atoms with Crippen LogP contribution in [-0.4, -0.2) is 37.7 Å². The second-order valence-electron chi connectivity index (χ2n) is 5.40. The van der Waals surface area contributed by atoms with Crippen molar-refractivity contribution in [3.63, 3.8) is 0 Å². The third kappa shape index (κ3) is 2.78. The Labute approximate surface area is 119 Å². The van der Waals surface area contributed by atoms with Crippen LogP contribution in [0.15, 0.2) is 18.2 Å². The average molecular weight is 275 g/mol. The normalized spacial score (nSPS) is 25.4. The smallest absolute Gasteiger partial charge is 0.244 e. The molecule has 0 radical (unpaired) electrons. The van der Waals surface area contributed by atoms with Gasteiger partial charge in [0, 0.05) is 24.5 Å². The lowest BCUT2D eigenvalue weighted by atomic mass is 10.0. The highest BCUT2D eigenvalue weighted by Crippen LogP contribution is 2.25. The molecule has 1 fully saturated rings. The molecule has 20 heavy (non-hydrogen) atoms. The molecule has 108 valence electrons. The number of hydrogen-bond donors (Lipinski definition) is 3. The van der Waals surface area contributed by atoms with Gasteiger partial charge in [0.15, 0.2) is 0 Å². The van der Waals surface area contributed by atoms with Gasteiger partial charge in [0.2, 0.25) is 5.91 Å². The van der Waals surface area contributed by atoms with E-state index in [1.807, 2.05) is 19.1 Å². The molecule has 0 aliphatic carbocycles. The van der Waals surface area contributed by atoms with Crippen LogP contribution in [-0.2, 0) is 16.0 Å². The van der Waals surface area contributed by atoms with Crippen molar-refractivity contribution >= 4 is 17.3 Å². The highest BCUT2D eigenvalue weighted by Gasteiger charge is 2.28. The van der Waals surface area contributed by atoms with Crippen LogP contribution in [0.2, 0.25) is 0 Å². The minimum absolute atomic E-state index is 0.0269. The van der Waals surface area contributed by atoms with Gasteiger partial charge in [-0.2, -0.15) is 0 Å². The summed E-state index contributed by atoms with van der Waals surface area (Å²) in [7, 11) is 0. The number of amides is 1. The minimum atomic E-state index is -0.280. The van der Waals surface area contributed by atoms with E-state index in [0.717, 1.165) is 31.6 Å². The van der Waals surface area contributed by atoms with Crippen LogP contribution >= 0.6 is 0 Å². The van der Waals surface area contributed by atoms with Gasteiger partial charge in [0.05, 0.1) is 12.7 Å². The predicted molar refractivity (Wildman–Crippen MR) is 79.1 cm³/mol. The number of hydrogen-bond acceptors (Lipinski definition) is 4. The zero-order valence-electron chi connectivity index (χ0n) is 11.7. The molecule has 1 aromatic carbocycles. The predicted octanol–water partition coefficient (Wildman–Crippen LogP) is 1.36. The summed E-state index contributed by atoms with van der Waals surface area (Å²) in [5.41, 5.74) is 3.31. The van der Waals surface area contributed by atoms with E-state index in [9.17, 15) is 4.79 Å². The summed E-state index contributed by atoms with van der Waals surface area (Å²) in [4.78, 5) is 12.3. The molecule has 5 nitrogen and oxygen atoms in total. The Morgan fingerprint density at radius 1 is 1.40 bits per heavy atom. The summed E-state index contributed by atoms with van der Waals surface area (Å²) in [6.07, 6.45) is 2.11. The fourth-order valence-electron chi connectivity index (χ4n) is 2.80. The third-order valence-corrected chi connectivity index (χ3v) is 3.91. The molecule has 2 atom stereocenters. The van der Waals surface area contributed by atoms with E-state index in [1.165, 1.54) is 11.3 Å². The monoisotopic (exact) mass is 275 g/mol. The Bertz CT molecular complexity index is 504. The molecule has 0 bridgehead atoms. The molecule has 0 aromatic heterocycles. The van der Waals surface area contributed by atoms with Gasteiger partial charge >= 0.3 is 0 Å². The van der Waals surface area contributed by atoms with Crippen molar-refractivity contribution in [1.82, 2.24) is 5.32 Å². The number of carbonyl (C=O) groups is 1. The van der Waals surface area contributed by atoms with Crippen molar-refractivity contribution in [2.75, 3.05) is 30.3 Å². The first kappa shape index (κ1) is 13.4. The summed E-state index contributed by atoms with van der Waals surface area (Å²) in [6, 6.07) is 5.77. The van der Waals surface area contributed by atoms with Gasteiger partial charge in [-0.25, -0.2) is 0 Å². The molecule has 2 aliphatic heterocycles. The number of ether oxygens (including phenoxy) is 1. The first-order chi connectivity index (χ1) is 9.74. The summed E-state index contributed by atoms with van der Waals surface area (Å²) in [5, 5.41) is 9.55. The topological polar surface area (TPSA) is 62.4 Å². The van der Waals surface area contributed by atoms with Crippen molar-refractivity contribution in [1.29, 1.82) is 0 Å². The second-order valence-corrected chi connectivity index (χ2v) is 5.40. The quantitative estimate of drug-likeness (QED) is 0.762. The molecular weight excluding hydrogens is 254 g/mol. The van der Waals surface area contributed by atoms with Crippen LogP contribution < -0.4 is 16.0 Å². The van der Waals surface area contributed by atoms with Crippen LogP contribution in [0, 0.1) is 0 Å². The number of morpholine rings is 1. The van der Waals surface area contributed by atoms with Gasteiger partial charge in [-0.1, -0.05) is 0 Å². The number of aryl methyl sites for hydroxylation is 1. The molecule has 1 amide bonds. The van der Waals surface area contributed by atoms with Gasteiger partial charge in [0.25, 0.3) is 0 Å². The first-order valence-electron chi connectivity index (χ1n) is 7.27. The fourth-order valence-corrected chi connectivity index (χ4v) is 2.80. The van der Waals surface area contributed by atoms with E-state index < -0.39 is 0 Å². The zero-order chi connectivity index (χ0) is 13.9. The van der Waals surface area contributed by atoms with Crippen LogP contribution in [0.3, 0.4) is 0 Å². The largest absolute Gasteiger partial charge is 0.385 e. The number of fused-ring (bicyclic) bond motifs is 1. The number of carbonyl (C=O) groups excluding carboxylic acids is 1. The number of nitrogens with one attached hydrogen (secondary N) is 3. The maximum Gasteiger partial charge on any atom is 0.244 e. The highest BCUT2D eigenvalue weighted by atomic mass is 16.5. The van der Waals surface area contributed by atoms with E-state index in [1.54, 1.807) is 0 Å². The lowest BCUT2D eigenvalue weighted by Crippen LogP contribution is -2.53. The highest BCUT2D eigenvalue weighted by molar-refractivity contribution is 5.95. The lowest BCUT2D eigenvalue weighted by Gasteiger charge is -2.29. The molecule has 3 N–H and O–H groups in total. The fraction of sp³-hybridized carbons (Fsp3) is 0.533. The molecule has 1 saturated heterocycles. The Morgan fingerprint density at radius 2 is 2.30 bits per heavy atom. The minimum Gasteiger partial charge on any atom is -0.385 e. The molecule has 0 saturated carbocycles. The standard InChI is InChI=1S/C15H21N3O2/c1-10-14(17-7-8-20-10)15(19)18-12-4-5-13-11(9-12)3-2-6-16-13/h4-5,9-10,14,16-17H,2-3,6-8H2,1H3,(H,18,19)/t10-,14+/m1/s1. The van der Waals surface area contributed by atoms with Crippen molar-refractivity contribution < 1.29 is 9.53 Å². The Kier molecular flexibility index (Phi) is 3.89. The molecular formula is C15H21N3O2. The van der Waals surface area contributed by atoms with E-state index in [2.05, 4.69) is 22.0 Å². The summed E-state index contributed by atoms with van der Waals surface area (Å²) in [6.45, 7) is 4.33. The molecule has 0 unspecified atom stereocenters. The second kappa shape index (κ2) is 5.81. The van der Waals surface area contributed by atoms with E-state index in [0.29, 0.717) is 6.61 Å². The Hall–Kier alpha value is -1.59. The summed E-state index contributed by atoms with van der Waals surface area (Å²) < 4.78 is 5.51. The molecule has 2 aliphatic rings. The Morgan fingerprint density at radius 3 is 3.15 bits per heavy atom.